The van der Waals surface area contributed by atoms with E-state index in [1.165, 1.54) is 16.0 Å². The molecule has 0 radical (unpaired) electrons. The van der Waals surface area contributed by atoms with Crippen molar-refractivity contribution >= 4 is 17.2 Å². The second-order valence-electron chi connectivity index (χ2n) is 8.36. The summed E-state index contributed by atoms with van der Waals surface area (Å²) >= 11 is 1.76. The molecule has 3 rings (SSSR count). The minimum absolute atomic E-state index is 0.0810. The Hall–Kier alpha value is -1.89. The van der Waals surface area contributed by atoms with Gasteiger partial charge in [-0.1, -0.05) is 32.9 Å². The van der Waals surface area contributed by atoms with Gasteiger partial charge in [-0.2, -0.15) is 0 Å². The second-order valence-corrected chi connectivity index (χ2v) is 9.36. The zero-order valence-electron chi connectivity index (χ0n) is 18.5. The quantitative estimate of drug-likeness (QED) is 0.651. The highest BCUT2D eigenvalue weighted by molar-refractivity contribution is 7.10. The van der Waals surface area contributed by atoms with Crippen LogP contribution in [0.3, 0.4) is 0 Å². The molecule has 1 aromatic carbocycles. The number of hydrogen-bond acceptors (Lipinski definition) is 5. The molecular weight excluding hydrogens is 396 g/mol. The first kappa shape index (κ1) is 22.8. The Balaban J connectivity index is 1.72. The Bertz CT molecular complexity index is 816. The highest BCUT2D eigenvalue weighted by atomic mass is 32.1. The van der Waals surface area contributed by atoms with Gasteiger partial charge in [0, 0.05) is 18.0 Å². The van der Waals surface area contributed by atoms with Crippen molar-refractivity contribution in [2.75, 3.05) is 32.8 Å². The van der Waals surface area contributed by atoms with Gasteiger partial charge in [-0.25, -0.2) is 0 Å². The van der Waals surface area contributed by atoms with Crippen LogP contribution in [0.4, 0.5) is 0 Å². The lowest BCUT2D eigenvalue weighted by Crippen LogP contribution is -2.47. The number of aliphatic hydroxyl groups excluding tert-OH is 1. The Morgan fingerprint density at radius 1 is 1.27 bits per heavy atom. The third-order valence-corrected chi connectivity index (χ3v) is 6.69. The van der Waals surface area contributed by atoms with Crippen LogP contribution in [0.25, 0.3) is 0 Å². The van der Waals surface area contributed by atoms with Gasteiger partial charge in [0.2, 0.25) is 5.91 Å². The summed E-state index contributed by atoms with van der Waals surface area (Å²) in [5, 5.41) is 11.8. The summed E-state index contributed by atoms with van der Waals surface area (Å²) in [4.78, 5) is 18.5. The number of thiophene rings is 1. The van der Waals surface area contributed by atoms with Crippen molar-refractivity contribution in [3.05, 3.63) is 51.7 Å². The van der Waals surface area contributed by atoms with Gasteiger partial charge in [-0.15, -0.1) is 11.3 Å². The highest BCUT2D eigenvalue weighted by Crippen LogP contribution is 2.34. The summed E-state index contributed by atoms with van der Waals surface area (Å²) in [7, 11) is 0. The summed E-state index contributed by atoms with van der Waals surface area (Å²) in [6.07, 6.45) is 0.441. The molecule has 0 fully saturated rings. The number of ether oxygens (including phenoxy) is 1. The highest BCUT2D eigenvalue weighted by Gasteiger charge is 2.32. The van der Waals surface area contributed by atoms with Gasteiger partial charge in [0.15, 0.2) is 0 Å². The lowest BCUT2D eigenvalue weighted by Gasteiger charge is -2.37. The van der Waals surface area contributed by atoms with Crippen LogP contribution in [-0.2, 0) is 11.2 Å². The molecule has 6 heteroatoms. The summed E-state index contributed by atoms with van der Waals surface area (Å²) < 4.78 is 6.14. The van der Waals surface area contributed by atoms with Crippen molar-refractivity contribution in [2.24, 2.45) is 0 Å². The zero-order valence-corrected chi connectivity index (χ0v) is 19.3. The zero-order chi connectivity index (χ0) is 21.7. The number of benzene rings is 1. The average Bonchev–Trinajstić information content (AvgIpc) is 3.20. The van der Waals surface area contributed by atoms with E-state index in [1.54, 1.807) is 18.3 Å². The number of likely N-dealkylation sites (N-methyl/N-ethyl adjacent to an activating group) is 1. The van der Waals surface area contributed by atoms with Crippen LogP contribution in [0.2, 0.25) is 0 Å². The Labute approximate surface area is 184 Å². The molecule has 2 heterocycles. The van der Waals surface area contributed by atoms with Gasteiger partial charge in [-0.3, -0.25) is 9.69 Å². The topological polar surface area (TPSA) is 53.0 Å². The van der Waals surface area contributed by atoms with Crippen molar-refractivity contribution in [3.8, 4) is 5.75 Å². The van der Waals surface area contributed by atoms with Crippen LogP contribution in [0.5, 0.6) is 5.75 Å². The third kappa shape index (κ3) is 5.62. The van der Waals surface area contributed by atoms with E-state index < -0.39 is 6.10 Å². The minimum atomic E-state index is -0.449. The molecule has 2 aromatic rings. The molecule has 30 heavy (non-hydrogen) atoms. The third-order valence-electron chi connectivity index (χ3n) is 5.70. The lowest BCUT2D eigenvalue weighted by atomic mass is 10.00. The van der Waals surface area contributed by atoms with Crippen molar-refractivity contribution in [1.29, 1.82) is 0 Å². The lowest BCUT2D eigenvalue weighted by molar-refractivity contribution is -0.136. The van der Waals surface area contributed by atoms with Crippen LogP contribution in [0, 0.1) is 0 Å². The molecule has 0 aliphatic carbocycles. The number of amides is 1. The maximum atomic E-state index is 13.2. The number of fused-ring (bicyclic) bond motifs is 1. The van der Waals surface area contributed by atoms with Gasteiger partial charge in [0.25, 0.3) is 0 Å². The fourth-order valence-corrected chi connectivity index (χ4v) is 4.89. The van der Waals surface area contributed by atoms with Crippen molar-refractivity contribution in [2.45, 2.75) is 52.2 Å². The van der Waals surface area contributed by atoms with Crippen molar-refractivity contribution < 1.29 is 14.6 Å². The normalized spacial score (nSPS) is 17.3. The second kappa shape index (κ2) is 10.4. The average molecular weight is 431 g/mol. The van der Waals surface area contributed by atoms with E-state index in [2.05, 4.69) is 37.4 Å². The standard InChI is InChI=1S/C24H34N2O3S/c1-5-25(14-18(4)27)15-24(28)26-12-10-23-21(11-13-30-23)22(26)16-29-20-8-6-19(7-9-20)17(2)3/h6-9,11,13,17-18,22,27H,5,10,12,14-16H2,1-4H3. The molecule has 2 atom stereocenters. The Morgan fingerprint density at radius 3 is 2.63 bits per heavy atom. The van der Waals surface area contributed by atoms with Gasteiger partial charge in [0.1, 0.15) is 12.4 Å². The summed E-state index contributed by atoms with van der Waals surface area (Å²) in [6, 6.07) is 10.3. The predicted octanol–water partition coefficient (Wildman–Crippen LogP) is 4.08. The van der Waals surface area contributed by atoms with Crippen molar-refractivity contribution in [3.63, 3.8) is 0 Å². The first-order valence-electron chi connectivity index (χ1n) is 10.9. The first-order valence-corrected chi connectivity index (χ1v) is 11.8. The molecular formula is C24H34N2O3S. The molecule has 164 valence electrons. The van der Waals surface area contributed by atoms with E-state index in [9.17, 15) is 9.90 Å². The van der Waals surface area contributed by atoms with Crippen molar-refractivity contribution in [1.82, 2.24) is 9.80 Å². The van der Waals surface area contributed by atoms with E-state index >= 15 is 0 Å². The number of rotatable bonds is 9. The van der Waals surface area contributed by atoms with Crippen LogP contribution in [0.1, 0.15) is 55.7 Å². The molecule has 1 aliphatic rings. The smallest absolute Gasteiger partial charge is 0.237 e. The van der Waals surface area contributed by atoms with Crippen LogP contribution in [0.15, 0.2) is 35.7 Å². The maximum Gasteiger partial charge on any atom is 0.237 e. The van der Waals surface area contributed by atoms with Crippen LogP contribution >= 0.6 is 11.3 Å². The number of hydrogen-bond donors (Lipinski definition) is 1. The molecule has 0 bridgehead atoms. The van der Waals surface area contributed by atoms with Gasteiger partial charge < -0.3 is 14.7 Å². The van der Waals surface area contributed by atoms with E-state index in [0.717, 1.165) is 18.7 Å². The predicted molar refractivity (Wildman–Crippen MR) is 122 cm³/mol. The molecule has 0 saturated heterocycles. The van der Waals surface area contributed by atoms with E-state index in [0.29, 0.717) is 32.2 Å². The molecule has 0 spiro atoms. The molecule has 1 aromatic heterocycles. The van der Waals surface area contributed by atoms with E-state index in [-0.39, 0.29) is 11.9 Å². The van der Waals surface area contributed by atoms with Gasteiger partial charge in [-0.05, 0) is 60.5 Å². The number of carbonyl (C=O) groups is 1. The van der Waals surface area contributed by atoms with Crippen LogP contribution in [-0.4, -0.2) is 59.7 Å². The molecule has 0 saturated carbocycles. The molecule has 1 amide bonds. The Kier molecular flexibility index (Phi) is 7.92. The summed E-state index contributed by atoms with van der Waals surface area (Å²) in [5.41, 5.74) is 2.49. The summed E-state index contributed by atoms with van der Waals surface area (Å²) in [6.45, 7) is 10.8. The van der Waals surface area contributed by atoms with Crippen LogP contribution < -0.4 is 4.74 Å². The molecule has 2 unspecified atom stereocenters. The fourth-order valence-electron chi connectivity index (χ4n) is 3.96. The molecule has 5 nitrogen and oxygen atoms in total. The van der Waals surface area contributed by atoms with E-state index in [1.807, 2.05) is 28.9 Å². The first-order chi connectivity index (χ1) is 14.4. The Morgan fingerprint density at radius 2 is 2.00 bits per heavy atom. The monoisotopic (exact) mass is 430 g/mol. The minimum Gasteiger partial charge on any atom is -0.491 e. The molecule has 1 N–H and O–H groups in total. The van der Waals surface area contributed by atoms with E-state index in [4.69, 9.17) is 4.74 Å². The van der Waals surface area contributed by atoms with Gasteiger partial charge >= 0.3 is 0 Å². The van der Waals surface area contributed by atoms with Gasteiger partial charge in [0.05, 0.1) is 18.7 Å². The summed E-state index contributed by atoms with van der Waals surface area (Å²) in [5.74, 6) is 1.42. The number of nitrogens with zero attached hydrogens (tertiary/aromatic N) is 2. The largest absolute Gasteiger partial charge is 0.491 e. The number of carbonyl (C=O) groups excluding carboxylic acids is 1. The SMILES string of the molecule is CCN(CC(=O)N1CCc2sccc2C1COc1ccc(C(C)C)cc1)CC(C)O. The molecule has 1 aliphatic heterocycles. The number of aliphatic hydroxyl groups is 1. The maximum absolute atomic E-state index is 13.2. The fraction of sp³-hybridized carbons (Fsp3) is 0.542.